The van der Waals surface area contributed by atoms with Crippen LogP contribution in [0.5, 0.6) is 5.75 Å². The lowest BCUT2D eigenvalue weighted by Gasteiger charge is -2.29. The molecule has 1 heterocycles. The fourth-order valence-corrected chi connectivity index (χ4v) is 3.55. The zero-order chi connectivity index (χ0) is 23.1. The van der Waals surface area contributed by atoms with Crippen molar-refractivity contribution in [3.63, 3.8) is 0 Å². The molecule has 0 radical (unpaired) electrons. The number of hydrogen-bond acceptors (Lipinski definition) is 6. The second kappa shape index (κ2) is 12.2. The third-order valence-corrected chi connectivity index (χ3v) is 5.37. The van der Waals surface area contributed by atoms with Crippen LogP contribution in [0, 0.1) is 6.92 Å². The number of benzene rings is 2. The molecule has 1 aliphatic heterocycles. The molecule has 2 aromatic rings. The van der Waals surface area contributed by atoms with E-state index in [0.29, 0.717) is 29.2 Å². The molecule has 0 spiro atoms. The highest BCUT2D eigenvalue weighted by Crippen LogP contribution is 2.32. The number of ether oxygens (including phenoxy) is 1. The second-order valence-corrected chi connectivity index (χ2v) is 7.71. The molecule has 0 saturated heterocycles. The molecule has 0 aliphatic carbocycles. The normalized spacial score (nSPS) is 12.5. The fraction of sp³-hybridized carbons (Fsp3) is 0.375. The Morgan fingerprint density at radius 1 is 1.09 bits per heavy atom. The number of anilines is 2. The highest BCUT2D eigenvalue weighted by Gasteiger charge is 2.25. The van der Waals surface area contributed by atoms with Crippen LogP contribution < -0.4 is 20.3 Å². The third-order valence-electron chi connectivity index (χ3n) is 5.37. The first-order valence-electron chi connectivity index (χ1n) is 10.9. The number of fused-ring (bicyclic) bond motifs is 1. The van der Waals surface area contributed by atoms with Crippen molar-refractivity contribution in [3.8, 4) is 5.75 Å². The monoisotopic (exact) mass is 474 g/mol. The summed E-state index contributed by atoms with van der Waals surface area (Å²) in [6.45, 7) is 9.40. The molecule has 3 rings (SSSR count). The van der Waals surface area contributed by atoms with Crippen molar-refractivity contribution in [3.05, 3.63) is 53.6 Å². The summed E-state index contributed by atoms with van der Waals surface area (Å²) < 4.78 is 5.28. The molecular formula is C24H31ClN4O4. The summed E-state index contributed by atoms with van der Waals surface area (Å²) in [5.41, 5.74) is 2.80. The molecule has 2 aromatic carbocycles. The van der Waals surface area contributed by atoms with Gasteiger partial charge in [-0.25, -0.2) is 4.79 Å². The van der Waals surface area contributed by atoms with E-state index in [0.717, 1.165) is 25.2 Å². The lowest BCUT2D eigenvalue weighted by molar-refractivity contribution is -0.133. The van der Waals surface area contributed by atoms with E-state index < -0.39 is 5.97 Å². The van der Waals surface area contributed by atoms with Crippen molar-refractivity contribution in [1.29, 1.82) is 0 Å². The minimum Gasteiger partial charge on any atom is -0.423 e. The number of amides is 2. The highest BCUT2D eigenvalue weighted by molar-refractivity contribution is 5.98. The number of hydrogen-bond donors (Lipinski definition) is 2. The Bertz CT molecular complexity index is 977. The highest BCUT2D eigenvalue weighted by atomic mass is 35.5. The van der Waals surface area contributed by atoms with Crippen LogP contribution in [0.4, 0.5) is 11.4 Å². The van der Waals surface area contributed by atoms with Crippen LogP contribution >= 0.6 is 12.4 Å². The van der Waals surface area contributed by atoms with Crippen molar-refractivity contribution in [1.82, 2.24) is 10.2 Å². The molecular weight excluding hydrogens is 444 g/mol. The summed E-state index contributed by atoms with van der Waals surface area (Å²) in [4.78, 5) is 40.7. The van der Waals surface area contributed by atoms with Crippen LogP contribution in [0.1, 0.15) is 29.8 Å². The molecule has 1 aliphatic rings. The standard InChI is InChI=1S/C24H30N4O4.ClH/c1-4-27(5-2)13-12-25-24(31)18-7-9-19(10-8-18)26-22(29)15-28-16-23(30)32-21-14-17(3)6-11-20(21)28;/h6-11,14H,4-5,12-13,15-16H2,1-3H3,(H,25,31)(H,26,29);1H. The van der Waals surface area contributed by atoms with Crippen molar-refractivity contribution in [2.45, 2.75) is 20.8 Å². The van der Waals surface area contributed by atoms with Crippen LogP contribution in [0.15, 0.2) is 42.5 Å². The first-order valence-corrected chi connectivity index (χ1v) is 10.9. The summed E-state index contributed by atoms with van der Waals surface area (Å²) in [6, 6.07) is 12.3. The summed E-state index contributed by atoms with van der Waals surface area (Å²) in [6.07, 6.45) is 0. The van der Waals surface area contributed by atoms with E-state index in [9.17, 15) is 14.4 Å². The van der Waals surface area contributed by atoms with Crippen LogP contribution in [-0.2, 0) is 9.59 Å². The summed E-state index contributed by atoms with van der Waals surface area (Å²) in [7, 11) is 0. The first-order chi connectivity index (χ1) is 15.4. The van der Waals surface area contributed by atoms with Gasteiger partial charge in [0.15, 0.2) is 5.75 Å². The minimum absolute atomic E-state index is 0. The number of carbonyl (C=O) groups is 3. The van der Waals surface area contributed by atoms with E-state index in [1.807, 2.05) is 19.1 Å². The van der Waals surface area contributed by atoms with Crippen LogP contribution in [0.2, 0.25) is 0 Å². The number of nitrogens with one attached hydrogen (secondary N) is 2. The Morgan fingerprint density at radius 2 is 1.79 bits per heavy atom. The third kappa shape index (κ3) is 7.20. The number of esters is 1. The lowest BCUT2D eigenvalue weighted by atomic mass is 10.1. The van der Waals surface area contributed by atoms with Crippen molar-refractivity contribution in [2.24, 2.45) is 0 Å². The number of likely N-dealkylation sites (N-methyl/N-ethyl adjacent to an activating group) is 1. The minimum atomic E-state index is -0.396. The average molecular weight is 475 g/mol. The summed E-state index contributed by atoms with van der Waals surface area (Å²) in [5, 5.41) is 5.73. The van der Waals surface area contributed by atoms with Gasteiger partial charge in [0.05, 0.1) is 12.2 Å². The summed E-state index contributed by atoms with van der Waals surface area (Å²) >= 11 is 0. The zero-order valence-corrected chi connectivity index (χ0v) is 20.0. The number of nitrogens with zero attached hydrogens (tertiary/aromatic N) is 2. The van der Waals surface area contributed by atoms with E-state index in [2.05, 4.69) is 29.4 Å². The van der Waals surface area contributed by atoms with Gasteiger partial charge >= 0.3 is 5.97 Å². The second-order valence-electron chi connectivity index (χ2n) is 7.71. The zero-order valence-electron chi connectivity index (χ0n) is 19.2. The molecule has 8 nitrogen and oxygen atoms in total. The van der Waals surface area contributed by atoms with Gasteiger partial charge in [0.25, 0.3) is 5.91 Å². The van der Waals surface area contributed by atoms with Gasteiger partial charge in [-0.05, 0) is 62.0 Å². The lowest BCUT2D eigenvalue weighted by Crippen LogP contribution is -2.41. The Kier molecular flexibility index (Phi) is 9.69. The van der Waals surface area contributed by atoms with Crippen LogP contribution in [-0.4, -0.2) is 62.0 Å². The molecule has 0 unspecified atom stereocenters. The average Bonchev–Trinajstić information content (AvgIpc) is 2.76. The van der Waals surface area contributed by atoms with Crippen molar-refractivity contribution < 1.29 is 19.1 Å². The molecule has 178 valence electrons. The van der Waals surface area contributed by atoms with Gasteiger partial charge in [-0.1, -0.05) is 19.9 Å². The van der Waals surface area contributed by atoms with E-state index in [1.165, 1.54) is 0 Å². The first kappa shape index (κ1) is 26.2. The van der Waals surface area contributed by atoms with Gasteiger partial charge in [0.1, 0.15) is 6.54 Å². The Hall–Kier alpha value is -3.10. The number of rotatable bonds is 9. The molecule has 0 saturated carbocycles. The Morgan fingerprint density at radius 3 is 2.45 bits per heavy atom. The Labute approximate surface area is 200 Å². The van der Waals surface area contributed by atoms with Gasteiger partial charge in [-0.2, -0.15) is 0 Å². The maximum Gasteiger partial charge on any atom is 0.331 e. The topological polar surface area (TPSA) is 91.0 Å². The summed E-state index contributed by atoms with van der Waals surface area (Å²) in [5.74, 6) is -0.339. The molecule has 0 atom stereocenters. The SMILES string of the molecule is CCN(CC)CCNC(=O)c1ccc(NC(=O)CN2CC(=O)Oc3cc(C)ccc32)cc1.Cl. The molecule has 0 aromatic heterocycles. The van der Waals surface area contributed by atoms with Gasteiger partial charge in [-0.15, -0.1) is 12.4 Å². The van der Waals surface area contributed by atoms with Crippen molar-refractivity contribution >= 4 is 41.6 Å². The van der Waals surface area contributed by atoms with Gasteiger partial charge < -0.3 is 25.2 Å². The maximum absolute atomic E-state index is 12.6. The smallest absolute Gasteiger partial charge is 0.331 e. The molecule has 33 heavy (non-hydrogen) atoms. The molecule has 2 N–H and O–H groups in total. The predicted octanol–water partition coefficient (Wildman–Crippen LogP) is 2.85. The molecule has 0 fully saturated rings. The van der Waals surface area contributed by atoms with Gasteiger partial charge in [-0.3, -0.25) is 9.59 Å². The van der Waals surface area contributed by atoms with Crippen LogP contribution in [0.3, 0.4) is 0 Å². The molecule has 2 amide bonds. The van der Waals surface area contributed by atoms with Gasteiger partial charge in [0, 0.05) is 24.3 Å². The fourth-order valence-electron chi connectivity index (χ4n) is 3.55. The number of aryl methyl sites for hydroxylation is 1. The Balaban J connectivity index is 0.00000385. The number of halogens is 1. The molecule has 9 heteroatoms. The van der Waals surface area contributed by atoms with E-state index in [4.69, 9.17) is 4.74 Å². The predicted molar refractivity (Wildman–Crippen MR) is 131 cm³/mol. The largest absolute Gasteiger partial charge is 0.423 e. The van der Waals surface area contributed by atoms with E-state index in [1.54, 1.807) is 35.2 Å². The molecule has 0 bridgehead atoms. The van der Waals surface area contributed by atoms with Crippen molar-refractivity contribution in [2.75, 3.05) is 49.5 Å². The van der Waals surface area contributed by atoms with E-state index >= 15 is 0 Å². The maximum atomic E-state index is 12.6. The quantitative estimate of drug-likeness (QED) is 0.429. The number of carbonyl (C=O) groups excluding carboxylic acids is 3. The van der Waals surface area contributed by atoms with Gasteiger partial charge in [0.2, 0.25) is 5.91 Å². The van der Waals surface area contributed by atoms with E-state index in [-0.39, 0.29) is 37.3 Å². The van der Waals surface area contributed by atoms with Crippen LogP contribution in [0.25, 0.3) is 0 Å².